The van der Waals surface area contributed by atoms with Gasteiger partial charge < -0.3 is 9.47 Å². The van der Waals surface area contributed by atoms with Crippen LogP contribution in [0.2, 0.25) is 0 Å². The first-order valence-electron chi connectivity index (χ1n) is 8.36. The standard InChI is InChI=1S/C22H19NO2/c1-24-19-13-11-17(12-14-19)22-23-20-10-6-5-9-18(20)15-21(25-22)16-7-3-2-4-8-16/h2-14,21H,15H2,1H3. The summed E-state index contributed by atoms with van der Waals surface area (Å²) in [6.07, 6.45) is 0.731. The van der Waals surface area contributed by atoms with Crippen LogP contribution >= 0.6 is 0 Å². The molecule has 0 aliphatic carbocycles. The molecule has 25 heavy (non-hydrogen) atoms. The molecule has 124 valence electrons. The molecule has 0 saturated heterocycles. The predicted molar refractivity (Wildman–Crippen MR) is 99.6 cm³/mol. The van der Waals surface area contributed by atoms with Gasteiger partial charge in [0.1, 0.15) is 11.9 Å². The summed E-state index contributed by atoms with van der Waals surface area (Å²) >= 11 is 0. The minimum absolute atomic E-state index is 0.0642. The number of ether oxygens (including phenoxy) is 2. The maximum Gasteiger partial charge on any atom is 0.221 e. The Hall–Kier alpha value is -3.07. The van der Waals surface area contributed by atoms with E-state index in [1.165, 1.54) is 5.56 Å². The molecule has 1 aliphatic heterocycles. The highest BCUT2D eigenvalue weighted by Gasteiger charge is 2.22. The van der Waals surface area contributed by atoms with Crippen LogP contribution < -0.4 is 4.74 Å². The van der Waals surface area contributed by atoms with Crippen LogP contribution in [-0.4, -0.2) is 13.0 Å². The summed E-state index contributed by atoms with van der Waals surface area (Å²) in [6, 6.07) is 26.3. The quantitative estimate of drug-likeness (QED) is 0.670. The molecule has 3 nitrogen and oxygen atoms in total. The van der Waals surface area contributed by atoms with Gasteiger partial charge in [-0.05, 0) is 41.5 Å². The fourth-order valence-corrected chi connectivity index (χ4v) is 3.02. The molecule has 3 aromatic rings. The van der Waals surface area contributed by atoms with Crippen LogP contribution in [0.25, 0.3) is 0 Å². The van der Waals surface area contributed by atoms with E-state index in [0.717, 1.165) is 29.0 Å². The minimum Gasteiger partial charge on any atom is -0.497 e. The van der Waals surface area contributed by atoms with Gasteiger partial charge in [0.25, 0.3) is 0 Å². The number of fused-ring (bicyclic) bond motifs is 1. The number of aliphatic imine (C=N–C) groups is 1. The van der Waals surface area contributed by atoms with Crippen LogP contribution in [0.15, 0.2) is 83.9 Å². The van der Waals surface area contributed by atoms with Crippen molar-refractivity contribution >= 4 is 11.6 Å². The smallest absolute Gasteiger partial charge is 0.221 e. The maximum absolute atomic E-state index is 6.35. The Labute approximate surface area is 147 Å². The summed E-state index contributed by atoms with van der Waals surface area (Å²) in [6.45, 7) is 0. The van der Waals surface area contributed by atoms with E-state index in [9.17, 15) is 0 Å². The summed E-state index contributed by atoms with van der Waals surface area (Å²) in [7, 11) is 1.66. The topological polar surface area (TPSA) is 30.8 Å². The number of methoxy groups -OCH3 is 1. The molecule has 1 atom stereocenters. The molecule has 1 unspecified atom stereocenters. The number of nitrogens with zero attached hydrogens (tertiary/aromatic N) is 1. The van der Waals surface area contributed by atoms with Crippen molar-refractivity contribution in [3.8, 4) is 5.75 Å². The molecule has 0 amide bonds. The average Bonchev–Trinajstić information content (AvgIpc) is 2.88. The molecule has 3 heteroatoms. The van der Waals surface area contributed by atoms with E-state index in [0.29, 0.717) is 5.90 Å². The van der Waals surface area contributed by atoms with Crippen LogP contribution in [-0.2, 0) is 11.2 Å². The van der Waals surface area contributed by atoms with Gasteiger partial charge in [0.15, 0.2) is 0 Å². The monoisotopic (exact) mass is 329 g/mol. The fraction of sp³-hybridized carbons (Fsp3) is 0.136. The van der Waals surface area contributed by atoms with Crippen molar-refractivity contribution in [2.75, 3.05) is 7.11 Å². The first-order chi connectivity index (χ1) is 12.3. The van der Waals surface area contributed by atoms with E-state index >= 15 is 0 Å². The van der Waals surface area contributed by atoms with E-state index in [1.807, 2.05) is 54.6 Å². The van der Waals surface area contributed by atoms with E-state index in [4.69, 9.17) is 14.5 Å². The first kappa shape index (κ1) is 15.5. The molecule has 0 radical (unpaired) electrons. The van der Waals surface area contributed by atoms with Gasteiger partial charge in [-0.3, -0.25) is 0 Å². The third-order valence-corrected chi connectivity index (χ3v) is 4.38. The van der Waals surface area contributed by atoms with Crippen molar-refractivity contribution in [1.29, 1.82) is 0 Å². The Morgan fingerprint density at radius 2 is 1.60 bits per heavy atom. The zero-order chi connectivity index (χ0) is 17.1. The van der Waals surface area contributed by atoms with Gasteiger partial charge in [0, 0.05) is 12.0 Å². The summed E-state index contributed by atoms with van der Waals surface area (Å²) in [5, 5.41) is 0. The molecule has 1 aliphatic rings. The Balaban J connectivity index is 1.77. The fourth-order valence-electron chi connectivity index (χ4n) is 3.02. The average molecular weight is 329 g/mol. The van der Waals surface area contributed by atoms with Crippen LogP contribution in [0, 0.1) is 0 Å². The lowest BCUT2D eigenvalue weighted by Gasteiger charge is -2.18. The third kappa shape index (κ3) is 3.26. The van der Waals surface area contributed by atoms with Gasteiger partial charge in [0.05, 0.1) is 12.8 Å². The highest BCUT2D eigenvalue weighted by molar-refractivity contribution is 5.96. The Morgan fingerprint density at radius 1 is 0.880 bits per heavy atom. The summed E-state index contributed by atoms with van der Waals surface area (Å²) < 4.78 is 11.6. The predicted octanol–water partition coefficient (Wildman–Crippen LogP) is 5.09. The molecule has 0 spiro atoms. The lowest BCUT2D eigenvalue weighted by Crippen LogP contribution is -2.13. The lowest BCUT2D eigenvalue weighted by atomic mass is 10.0. The number of hydrogen-bond donors (Lipinski definition) is 0. The van der Waals surface area contributed by atoms with Crippen molar-refractivity contribution in [3.63, 3.8) is 0 Å². The normalized spacial score (nSPS) is 16.2. The number of hydrogen-bond acceptors (Lipinski definition) is 3. The Morgan fingerprint density at radius 3 is 2.36 bits per heavy atom. The van der Waals surface area contributed by atoms with Gasteiger partial charge in [-0.1, -0.05) is 48.5 Å². The van der Waals surface area contributed by atoms with Gasteiger partial charge in [-0.25, -0.2) is 4.99 Å². The van der Waals surface area contributed by atoms with E-state index < -0.39 is 0 Å². The van der Waals surface area contributed by atoms with Crippen molar-refractivity contribution < 1.29 is 9.47 Å². The zero-order valence-electron chi connectivity index (χ0n) is 14.1. The SMILES string of the molecule is COc1ccc(C2=Nc3ccccc3CC(c3ccccc3)O2)cc1. The van der Waals surface area contributed by atoms with E-state index in [2.05, 4.69) is 24.3 Å². The molecule has 0 N–H and O–H groups in total. The molecule has 0 aromatic heterocycles. The van der Waals surface area contributed by atoms with Crippen molar-refractivity contribution in [1.82, 2.24) is 0 Å². The van der Waals surface area contributed by atoms with E-state index in [-0.39, 0.29) is 6.10 Å². The molecular formula is C22H19NO2. The van der Waals surface area contributed by atoms with Crippen molar-refractivity contribution in [2.45, 2.75) is 12.5 Å². The molecule has 3 aromatic carbocycles. The Kier molecular flexibility index (Phi) is 4.21. The molecule has 0 fully saturated rings. The van der Waals surface area contributed by atoms with Gasteiger partial charge in [0.2, 0.25) is 5.90 Å². The molecule has 0 saturated carbocycles. The highest BCUT2D eigenvalue weighted by atomic mass is 16.5. The molecule has 4 rings (SSSR count). The second-order valence-corrected chi connectivity index (χ2v) is 6.00. The summed E-state index contributed by atoms with van der Waals surface area (Å²) in [5.41, 5.74) is 4.26. The van der Waals surface area contributed by atoms with Gasteiger partial charge >= 0.3 is 0 Å². The van der Waals surface area contributed by atoms with E-state index in [1.54, 1.807) is 7.11 Å². The summed E-state index contributed by atoms with van der Waals surface area (Å²) in [5.74, 6) is 1.46. The highest BCUT2D eigenvalue weighted by Crippen LogP contribution is 2.33. The number of benzene rings is 3. The van der Waals surface area contributed by atoms with Gasteiger partial charge in [-0.2, -0.15) is 0 Å². The van der Waals surface area contributed by atoms with Crippen LogP contribution in [0.3, 0.4) is 0 Å². The Bertz CT molecular complexity index is 885. The molecular weight excluding hydrogens is 310 g/mol. The zero-order valence-corrected chi connectivity index (χ0v) is 14.1. The van der Waals surface area contributed by atoms with Crippen molar-refractivity contribution in [3.05, 3.63) is 95.6 Å². The molecule has 1 heterocycles. The number of para-hydroxylation sites is 1. The summed E-state index contributed by atoms with van der Waals surface area (Å²) in [4.78, 5) is 4.79. The van der Waals surface area contributed by atoms with Crippen LogP contribution in [0.4, 0.5) is 5.69 Å². The largest absolute Gasteiger partial charge is 0.497 e. The van der Waals surface area contributed by atoms with Crippen LogP contribution in [0.1, 0.15) is 22.8 Å². The van der Waals surface area contributed by atoms with Crippen LogP contribution in [0.5, 0.6) is 5.75 Å². The molecule has 0 bridgehead atoms. The van der Waals surface area contributed by atoms with Crippen molar-refractivity contribution in [2.24, 2.45) is 4.99 Å². The second-order valence-electron chi connectivity index (χ2n) is 6.00. The van der Waals surface area contributed by atoms with Gasteiger partial charge in [-0.15, -0.1) is 0 Å². The second kappa shape index (κ2) is 6.81. The first-order valence-corrected chi connectivity index (χ1v) is 8.36. The third-order valence-electron chi connectivity index (χ3n) is 4.38. The minimum atomic E-state index is -0.0642. The lowest BCUT2D eigenvalue weighted by molar-refractivity contribution is 0.196. The number of rotatable bonds is 3. The maximum atomic E-state index is 6.35.